The number of amides is 2. The van der Waals surface area contributed by atoms with E-state index in [9.17, 15) is 4.79 Å². The molecule has 0 aliphatic heterocycles. The van der Waals surface area contributed by atoms with Crippen molar-refractivity contribution in [1.29, 1.82) is 0 Å². The number of nitrogens with one attached hydrogen (secondary N) is 2. The van der Waals surface area contributed by atoms with Crippen LogP contribution in [-0.2, 0) is 13.5 Å². The van der Waals surface area contributed by atoms with E-state index in [1.165, 1.54) is 24.8 Å². The summed E-state index contributed by atoms with van der Waals surface area (Å²) >= 11 is 0. The van der Waals surface area contributed by atoms with Crippen molar-refractivity contribution >= 4 is 6.03 Å². The molecule has 1 aromatic rings. The first-order valence-electron chi connectivity index (χ1n) is 6.89. The second-order valence-corrected chi connectivity index (χ2v) is 5.17. The lowest BCUT2D eigenvalue weighted by Gasteiger charge is -2.22. The van der Waals surface area contributed by atoms with E-state index >= 15 is 0 Å². The number of hydrogen-bond donors (Lipinski definition) is 2. The van der Waals surface area contributed by atoms with E-state index in [2.05, 4.69) is 22.9 Å². The van der Waals surface area contributed by atoms with Gasteiger partial charge < -0.3 is 15.2 Å². The van der Waals surface area contributed by atoms with Crippen LogP contribution in [0.5, 0.6) is 0 Å². The molecule has 0 bridgehead atoms. The highest BCUT2D eigenvalue weighted by atomic mass is 16.2. The molecular formula is C14H23N3O. The zero-order chi connectivity index (χ0) is 12.8. The van der Waals surface area contributed by atoms with Crippen LogP contribution in [0.15, 0.2) is 18.5 Å². The average molecular weight is 249 g/mol. The molecule has 18 heavy (non-hydrogen) atoms. The first-order valence-corrected chi connectivity index (χ1v) is 6.89. The molecule has 1 heterocycles. The van der Waals surface area contributed by atoms with Crippen molar-refractivity contribution in [2.24, 2.45) is 7.05 Å². The lowest BCUT2D eigenvalue weighted by atomic mass is 9.96. The molecule has 0 unspecified atom stereocenters. The summed E-state index contributed by atoms with van der Waals surface area (Å²) in [5, 5.41) is 5.98. The Bertz CT molecular complexity index is 380. The van der Waals surface area contributed by atoms with Gasteiger partial charge in [0.05, 0.1) is 0 Å². The summed E-state index contributed by atoms with van der Waals surface area (Å²) in [6.07, 6.45) is 11.1. The van der Waals surface area contributed by atoms with Crippen molar-refractivity contribution in [2.75, 3.05) is 6.54 Å². The number of nitrogens with zero attached hydrogens (tertiary/aromatic N) is 1. The van der Waals surface area contributed by atoms with Crippen LogP contribution in [0.3, 0.4) is 0 Å². The van der Waals surface area contributed by atoms with Crippen molar-refractivity contribution in [2.45, 2.75) is 44.6 Å². The highest BCUT2D eigenvalue weighted by Crippen LogP contribution is 2.17. The van der Waals surface area contributed by atoms with Gasteiger partial charge in [-0.15, -0.1) is 0 Å². The van der Waals surface area contributed by atoms with Gasteiger partial charge in [0.1, 0.15) is 0 Å². The molecule has 100 valence electrons. The molecule has 0 aromatic carbocycles. The van der Waals surface area contributed by atoms with Crippen LogP contribution >= 0.6 is 0 Å². The van der Waals surface area contributed by atoms with Crippen LogP contribution in [0, 0.1) is 0 Å². The Balaban J connectivity index is 1.62. The van der Waals surface area contributed by atoms with Gasteiger partial charge in [-0.3, -0.25) is 0 Å². The van der Waals surface area contributed by atoms with Gasteiger partial charge in [0.25, 0.3) is 0 Å². The van der Waals surface area contributed by atoms with Crippen molar-refractivity contribution in [3.63, 3.8) is 0 Å². The van der Waals surface area contributed by atoms with Gasteiger partial charge in [0.2, 0.25) is 0 Å². The van der Waals surface area contributed by atoms with Crippen LogP contribution in [0.2, 0.25) is 0 Å². The van der Waals surface area contributed by atoms with E-state index in [0.717, 1.165) is 19.3 Å². The maximum atomic E-state index is 11.7. The number of carbonyl (C=O) groups excluding carboxylic acids is 1. The molecule has 2 amide bonds. The summed E-state index contributed by atoms with van der Waals surface area (Å²) in [7, 11) is 2.01. The van der Waals surface area contributed by atoms with Crippen LogP contribution in [-0.4, -0.2) is 23.2 Å². The predicted molar refractivity (Wildman–Crippen MR) is 72.5 cm³/mol. The smallest absolute Gasteiger partial charge is 0.315 e. The fourth-order valence-corrected chi connectivity index (χ4v) is 2.51. The number of aryl methyl sites for hydroxylation is 1. The van der Waals surface area contributed by atoms with E-state index < -0.39 is 0 Å². The lowest BCUT2D eigenvalue weighted by Crippen LogP contribution is -2.43. The first kappa shape index (κ1) is 13.0. The SMILES string of the molecule is Cn1ccc(CCNC(=O)NC2CCCCC2)c1. The van der Waals surface area contributed by atoms with Gasteiger partial charge in [-0.25, -0.2) is 4.79 Å². The number of rotatable bonds is 4. The van der Waals surface area contributed by atoms with Gasteiger partial charge >= 0.3 is 6.03 Å². The molecule has 2 N–H and O–H groups in total. The summed E-state index contributed by atoms with van der Waals surface area (Å²) in [6.45, 7) is 0.697. The van der Waals surface area contributed by atoms with E-state index in [-0.39, 0.29) is 6.03 Å². The summed E-state index contributed by atoms with van der Waals surface area (Å²) in [4.78, 5) is 11.7. The molecule has 2 rings (SSSR count). The predicted octanol–water partition coefficient (Wildman–Crippen LogP) is 2.20. The standard InChI is InChI=1S/C14H23N3O/c1-17-10-8-12(11-17)7-9-15-14(18)16-13-5-3-2-4-6-13/h8,10-11,13H,2-7,9H2,1H3,(H2,15,16,18). The number of urea groups is 1. The maximum Gasteiger partial charge on any atom is 0.315 e. The molecule has 1 fully saturated rings. The van der Waals surface area contributed by atoms with Crippen LogP contribution in [0.4, 0.5) is 4.79 Å². The monoisotopic (exact) mass is 249 g/mol. The molecule has 1 aliphatic rings. The van der Waals surface area contributed by atoms with Crippen molar-refractivity contribution in [3.8, 4) is 0 Å². The van der Waals surface area contributed by atoms with Crippen molar-refractivity contribution in [1.82, 2.24) is 15.2 Å². The number of hydrogen-bond acceptors (Lipinski definition) is 1. The number of carbonyl (C=O) groups is 1. The molecule has 1 aromatic heterocycles. The molecular weight excluding hydrogens is 226 g/mol. The molecule has 1 aliphatic carbocycles. The Labute approximate surface area is 109 Å². The summed E-state index contributed by atoms with van der Waals surface area (Å²) in [5.74, 6) is 0. The van der Waals surface area contributed by atoms with E-state index in [1.54, 1.807) is 0 Å². The Morgan fingerprint density at radius 2 is 2.17 bits per heavy atom. The Morgan fingerprint density at radius 1 is 1.39 bits per heavy atom. The Kier molecular flexibility index (Phi) is 4.67. The first-order chi connectivity index (χ1) is 8.74. The fourth-order valence-electron chi connectivity index (χ4n) is 2.51. The minimum atomic E-state index is -0.0159. The summed E-state index contributed by atoms with van der Waals surface area (Å²) in [6, 6.07) is 2.45. The Hall–Kier alpha value is -1.45. The second-order valence-electron chi connectivity index (χ2n) is 5.17. The van der Waals surface area contributed by atoms with Gasteiger partial charge in [0, 0.05) is 32.0 Å². The molecule has 4 nitrogen and oxygen atoms in total. The molecule has 4 heteroatoms. The molecule has 0 saturated heterocycles. The van der Waals surface area contributed by atoms with E-state index in [0.29, 0.717) is 12.6 Å². The fraction of sp³-hybridized carbons (Fsp3) is 0.643. The molecule has 0 radical (unpaired) electrons. The van der Waals surface area contributed by atoms with E-state index in [1.807, 2.05) is 17.8 Å². The average Bonchev–Trinajstić information content (AvgIpc) is 2.76. The van der Waals surface area contributed by atoms with Crippen molar-refractivity contribution in [3.05, 3.63) is 24.0 Å². The molecule has 0 atom stereocenters. The molecule has 0 spiro atoms. The topological polar surface area (TPSA) is 46.1 Å². The van der Waals surface area contributed by atoms with Crippen LogP contribution in [0.1, 0.15) is 37.7 Å². The van der Waals surface area contributed by atoms with Gasteiger partial charge in [-0.1, -0.05) is 19.3 Å². The highest BCUT2D eigenvalue weighted by Gasteiger charge is 2.14. The third-order valence-electron chi connectivity index (χ3n) is 3.53. The Morgan fingerprint density at radius 3 is 2.83 bits per heavy atom. The maximum absolute atomic E-state index is 11.7. The minimum Gasteiger partial charge on any atom is -0.357 e. The quantitative estimate of drug-likeness (QED) is 0.844. The van der Waals surface area contributed by atoms with Gasteiger partial charge in [-0.05, 0) is 30.9 Å². The summed E-state index contributed by atoms with van der Waals surface area (Å²) < 4.78 is 2.03. The molecule has 1 saturated carbocycles. The zero-order valence-electron chi connectivity index (χ0n) is 11.1. The van der Waals surface area contributed by atoms with Crippen LogP contribution < -0.4 is 10.6 Å². The third-order valence-corrected chi connectivity index (χ3v) is 3.53. The lowest BCUT2D eigenvalue weighted by molar-refractivity contribution is 0.233. The minimum absolute atomic E-state index is 0.0159. The van der Waals surface area contributed by atoms with Gasteiger partial charge in [-0.2, -0.15) is 0 Å². The zero-order valence-corrected chi connectivity index (χ0v) is 11.1. The highest BCUT2D eigenvalue weighted by molar-refractivity contribution is 5.74. The van der Waals surface area contributed by atoms with E-state index in [4.69, 9.17) is 0 Å². The second kappa shape index (κ2) is 6.47. The normalized spacial score (nSPS) is 16.5. The van der Waals surface area contributed by atoms with Gasteiger partial charge in [0.15, 0.2) is 0 Å². The number of aromatic nitrogens is 1. The third kappa shape index (κ3) is 4.09. The largest absolute Gasteiger partial charge is 0.357 e. The van der Waals surface area contributed by atoms with Crippen molar-refractivity contribution < 1.29 is 4.79 Å². The summed E-state index contributed by atoms with van der Waals surface area (Å²) in [5.41, 5.74) is 1.26. The van der Waals surface area contributed by atoms with Crippen LogP contribution in [0.25, 0.3) is 0 Å².